The van der Waals surface area contributed by atoms with E-state index in [1.165, 1.54) is 12.8 Å². The Morgan fingerprint density at radius 1 is 1.24 bits per heavy atom. The molecule has 1 N–H and O–H groups in total. The Morgan fingerprint density at radius 3 is 2.48 bits per heavy atom. The minimum absolute atomic E-state index is 0.165. The summed E-state index contributed by atoms with van der Waals surface area (Å²) >= 11 is 0. The third kappa shape index (κ3) is 8.30. The van der Waals surface area contributed by atoms with Crippen molar-refractivity contribution < 1.29 is 9.53 Å². The van der Waals surface area contributed by atoms with Crippen LogP contribution in [0.3, 0.4) is 0 Å². The number of nitrogens with one attached hydrogen (secondary N) is 1. The first-order valence-electron chi connectivity index (χ1n) is 8.25. The van der Waals surface area contributed by atoms with Gasteiger partial charge in [-0.15, -0.1) is 0 Å². The van der Waals surface area contributed by atoms with Crippen molar-refractivity contribution in [1.29, 1.82) is 0 Å². The number of carbonyl (C=O) groups excluding carboxylic acids is 1. The summed E-state index contributed by atoms with van der Waals surface area (Å²) in [5, 5.41) is 3.54. The van der Waals surface area contributed by atoms with Gasteiger partial charge in [0.1, 0.15) is 5.60 Å². The van der Waals surface area contributed by atoms with Gasteiger partial charge in [0.25, 0.3) is 0 Å². The van der Waals surface area contributed by atoms with Crippen LogP contribution in [0.25, 0.3) is 0 Å². The molecule has 1 saturated heterocycles. The molecular formula is C17H34N2O2. The molecule has 1 aliphatic rings. The van der Waals surface area contributed by atoms with Crippen molar-refractivity contribution >= 4 is 6.09 Å². The van der Waals surface area contributed by atoms with Gasteiger partial charge in [0, 0.05) is 13.1 Å². The van der Waals surface area contributed by atoms with Gasteiger partial charge >= 0.3 is 6.09 Å². The molecule has 4 nitrogen and oxygen atoms in total. The molecule has 21 heavy (non-hydrogen) atoms. The van der Waals surface area contributed by atoms with Crippen LogP contribution in [-0.2, 0) is 4.74 Å². The minimum atomic E-state index is -0.408. The molecule has 0 spiro atoms. The predicted molar refractivity (Wildman–Crippen MR) is 87.5 cm³/mol. The Labute approximate surface area is 130 Å². The van der Waals surface area contributed by atoms with Gasteiger partial charge in [-0.2, -0.15) is 0 Å². The number of hydrogen-bond donors (Lipinski definition) is 1. The van der Waals surface area contributed by atoms with E-state index in [-0.39, 0.29) is 6.09 Å². The van der Waals surface area contributed by atoms with E-state index in [1.807, 2.05) is 25.7 Å². The molecule has 0 aliphatic carbocycles. The van der Waals surface area contributed by atoms with Gasteiger partial charge < -0.3 is 15.0 Å². The van der Waals surface area contributed by atoms with Crippen molar-refractivity contribution in [3.05, 3.63) is 0 Å². The van der Waals surface area contributed by atoms with E-state index in [2.05, 4.69) is 26.1 Å². The fraction of sp³-hybridized carbons (Fsp3) is 0.941. The predicted octanol–water partition coefficient (Wildman–Crippen LogP) is 3.66. The Balaban J connectivity index is 2.30. The smallest absolute Gasteiger partial charge is 0.410 e. The monoisotopic (exact) mass is 298 g/mol. The molecule has 0 bridgehead atoms. The Hall–Kier alpha value is -0.770. The summed E-state index contributed by atoms with van der Waals surface area (Å²) in [4.78, 5) is 14.0. The zero-order valence-corrected chi connectivity index (χ0v) is 14.8. The summed E-state index contributed by atoms with van der Waals surface area (Å²) in [6.07, 6.45) is 3.28. The number of ether oxygens (including phenoxy) is 1. The lowest BCUT2D eigenvalue weighted by atomic mass is 9.92. The van der Waals surface area contributed by atoms with Crippen LogP contribution in [0, 0.1) is 11.3 Å². The number of likely N-dealkylation sites (tertiary alicyclic amines) is 1. The number of rotatable bonds is 4. The second-order valence-electron chi connectivity index (χ2n) is 8.45. The summed E-state index contributed by atoms with van der Waals surface area (Å²) in [6, 6.07) is 0. The van der Waals surface area contributed by atoms with Crippen molar-refractivity contribution in [1.82, 2.24) is 10.2 Å². The Morgan fingerprint density at radius 2 is 1.90 bits per heavy atom. The third-order valence-corrected chi connectivity index (χ3v) is 3.66. The molecule has 0 aromatic carbocycles. The number of nitrogens with zero attached hydrogens (tertiary/aromatic N) is 1. The molecule has 0 aromatic rings. The first-order valence-corrected chi connectivity index (χ1v) is 8.25. The Bertz CT molecular complexity index is 329. The van der Waals surface area contributed by atoms with E-state index in [1.54, 1.807) is 0 Å². The molecule has 0 radical (unpaired) electrons. The van der Waals surface area contributed by atoms with Crippen molar-refractivity contribution in [2.45, 2.75) is 66.4 Å². The molecule has 1 amide bonds. The molecule has 1 aliphatic heterocycles. The highest BCUT2D eigenvalue weighted by atomic mass is 16.6. The molecule has 1 unspecified atom stereocenters. The second kappa shape index (κ2) is 7.48. The standard InChI is InChI=1S/C17H34N2O2/c1-16(2,3)9-10-18-12-14-8-7-11-19(13-14)15(20)21-17(4,5)6/h14,18H,7-13H2,1-6H3. The van der Waals surface area contributed by atoms with Gasteiger partial charge in [-0.3, -0.25) is 0 Å². The third-order valence-electron chi connectivity index (χ3n) is 3.66. The summed E-state index contributed by atoms with van der Waals surface area (Å²) in [5.41, 5.74) is -0.0307. The maximum atomic E-state index is 12.1. The quantitative estimate of drug-likeness (QED) is 0.805. The number of hydrogen-bond acceptors (Lipinski definition) is 3. The lowest BCUT2D eigenvalue weighted by Crippen LogP contribution is -2.45. The highest BCUT2D eigenvalue weighted by Crippen LogP contribution is 2.20. The minimum Gasteiger partial charge on any atom is -0.444 e. The van der Waals surface area contributed by atoms with Gasteiger partial charge in [-0.1, -0.05) is 20.8 Å². The zero-order valence-electron chi connectivity index (χ0n) is 14.8. The summed E-state index contributed by atoms with van der Waals surface area (Å²) in [6.45, 7) is 16.2. The molecule has 0 saturated carbocycles. The van der Waals surface area contributed by atoms with Gasteiger partial charge in [0.05, 0.1) is 0 Å². The summed E-state index contributed by atoms with van der Waals surface area (Å²) in [7, 11) is 0. The number of piperidine rings is 1. The molecule has 124 valence electrons. The number of amides is 1. The normalized spacial score (nSPS) is 20.5. The molecule has 1 heterocycles. The van der Waals surface area contributed by atoms with Crippen LogP contribution in [0.5, 0.6) is 0 Å². The Kier molecular flexibility index (Phi) is 6.51. The lowest BCUT2D eigenvalue weighted by molar-refractivity contribution is 0.0166. The van der Waals surface area contributed by atoms with Crippen molar-refractivity contribution in [3.63, 3.8) is 0 Å². The van der Waals surface area contributed by atoms with E-state index < -0.39 is 5.60 Å². The SMILES string of the molecule is CC(C)(C)CCNCC1CCCN(C(=O)OC(C)(C)C)C1. The van der Waals surface area contributed by atoms with Crippen LogP contribution in [0.4, 0.5) is 4.79 Å². The van der Waals surface area contributed by atoms with Gasteiger partial charge in [-0.25, -0.2) is 4.79 Å². The van der Waals surface area contributed by atoms with Gasteiger partial charge in [0.15, 0.2) is 0 Å². The maximum Gasteiger partial charge on any atom is 0.410 e. The molecule has 1 atom stereocenters. The topological polar surface area (TPSA) is 41.6 Å². The molecule has 1 rings (SSSR count). The van der Waals surface area contributed by atoms with Gasteiger partial charge in [0.2, 0.25) is 0 Å². The largest absolute Gasteiger partial charge is 0.444 e. The highest BCUT2D eigenvalue weighted by Gasteiger charge is 2.27. The summed E-state index contributed by atoms with van der Waals surface area (Å²) < 4.78 is 5.46. The molecule has 4 heteroatoms. The van der Waals surface area contributed by atoms with E-state index in [0.717, 1.165) is 32.6 Å². The average molecular weight is 298 g/mol. The first kappa shape index (κ1) is 18.3. The van der Waals surface area contributed by atoms with Crippen LogP contribution < -0.4 is 5.32 Å². The van der Waals surface area contributed by atoms with Crippen LogP contribution in [0.1, 0.15) is 60.8 Å². The van der Waals surface area contributed by atoms with Crippen molar-refractivity contribution in [2.75, 3.05) is 26.2 Å². The zero-order chi connectivity index (χ0) is 16.1. The fourth-order valence-corrected chi connectivity index (χ4v) is 2.49. The average Bonchev–Trinajstić information content (AvgIpc) is 2.32. The van der Waals surface area contributed by atoms with Gasteiger partial charge in [-0.05, 0) is 64.5 Å². The second-order valence-corrected chi connectivity index (χ2v) is 8.45. The maximum absolute atomic E-state index is 12.1. The molecular weight excluding hydrogens is 264 g/mol. The number of carbonyl (C=O) groups is 1. The molecule has 1 fully saturated rings. The van der Waals surface area contributed by atoms with E-state index in [0.29, 0.717) is 11.3 Å². The van der Waals surface area contributed by atoms with E-state index >= 15 is 0 Å². The lowest BCUT2D eigenvalue weighted by Gasteiger charge is -2.34. The highest BCUT2D eigenvalue weighted by molar-refractivity contribution is 5.68. The first-order chi connectivity index (χ1) is 9.57. The van der Waals surface area contributed by atoms with Crippen molar-refractivity contribution in [2.24, 2.45) is 11.3 Å². The van der Waals surface area contributed by atoms with Crippen molar-refractivity contribution in [3.8, 4) is 0 Å². The van der Waals surface area contributed by atoms with E-state index in [9.17, 15) is 4.79 Å². The van der Waals surface area contributed by atoms with E-state index in [4.69, 9.17) is 4.74 Å². The van der Waals surface area contributed by atoms with Crippen LogP contribution >= 0.6 is 0 Å². The summed E-state index contributed by atoms with van der Waals surface area (Å²) in [5.74, 6) is 0.547. The van der Waals surface area contributed by atoms with Crippen LogP contribution in [0.15, 0.2) is 0 Å². The fourth-order valence-electron chi connectivity index (χ4n) is 2.49. The van der Waals surface area contributed by atoms with Crippen LogP contribution in [0.2, 0.25) is 0 Å². The molecule has 0 aromatic heterocycles. The van der Waals surface area contributed by atoms with Crippen LogP contribution in [-0.4, -0.2) is 42.8 Å².